The second-order valence-electron chi connectivity index (χ2n) is 11.6. The van der Waals surface area contributed by atoms with Gasteiger partial charge in [-0.05, 0) is 85.8 Å². The fraction of sp³-hybridized carbons (Fsp3) is 0.0244. The maximum atomic E-state index is 14.1. The standard InChI is InChI=1S/C41H19F3N8/c1-22-3-2-4-26(17-22)37-36(25-9-15-31(44)16-10-25)51-40-32(27(18-45)19-46)38-39(33(41(40)52-37)28(20-47)21-48)50-35(24-7-13-30(43)14-8-24)34(49-38)23-5-11-29(42)12-6-23/h2-17H,1H3. The summed E-state index contributed by atoms with van der Waals surface area (Å²) >= 11 is 0. The van der Waals surface area contributed by atoms with Gasteiger partial charge in [0.05, 0.1) is 33.2 Å². The summed E-state index contributed by atoms with van der Waals surface area (Å²) in [6, 6.07) is 31.3. The van der Waals surface area contributed by atoms with Gasteiger partial charge in [0, 0.05) is 22.3 Å². The molecule has 0 bridgehead atoms. The molecule has 0 spiro atoms. The van der Waals surface area contributed by atoms with Crippen LogP contribution in [0.5, 0.6) is 0 Å². The average molecular weight is 681 g/mol. The van der Waals surface area contributed by atoms with Crippen LogP contribution in [0.2, 0.25) is 0 Å². The van der Waals surface area contributed by atoms with Crippen LogP contribution < -0.4 is 10.4 Å². The molecule has 0 unspecified atom stereocenters. The number of rotatable bonds is 4. The smallest absolute Gasteiger partial charge is 0.141 e. The molecule has 2 aromatic heterocycles. The molecule has 52 heavy (non-hydrogen) atoms. The first-order valence-electron chi connectivity index (χ1n) is 15.5. The van der Waals surface area contributed by atoms with E-state index in [0.29, 0.717) is 27.9 Å². The van der Waals surface area contributed by atoms with E-state index in [1.165, 1.54) is 72.8 Å². The van der Waals surface area contributed by atoms with Crippen molar-refractivity contribution in [2.24, 2.45) is 0 Å². The number of aryl methyl sites for hydroxylation is 1. The zero-order valence-corrected chi connectivity index (χ0v) is 26.9. The molecule has 0 aliphatic rings. The summed E-state index contributed by atoms with van der Waals surface area (Å²) in [6.07, 6.45) is 0. The first-order valence-corrected chi connectivity index (χ1v) is 15.5. The topological polar surface area (TPSA) is 147 Å². The summed E-state index contributed by atoms with van der Waals surface area (Å²) in [5.41, 5.74) is 2.56. The minimum atomic E-state index is -0.519. The zero-order chi connectivity index (χ0) is 36.5. The molecule has 0 fully saturated rings. The van der Waals surface area contributed by atoms with Crippen LogP contribution in [0.1, 0.15) is 5.56 Å². The molecule has 11 heteroatoms. The molecule has 0 saturated carbocycles. The van der Waals surface area contributed by atoms with Crippen LogP contribution in [0, 0.1) is 69.7 Å². The Morgan fingerprint density at radius 2 is 0.750 bits per heavy atom. The molecule has 7 aromatic rings. The first kappa shape index (κ1) is 32.8. The van der Waals surface area contributed by atoms with Crippen molar-refractivity contribution in [3.63, 3.8) is 0 Å². The Morgan fingerprint density at radius 1 is 0.442 bits per heavy atom. The molecule has 0 aliphatic carbocycles. The van der Waals surface area contributed by atoms with E-state index in [1.807, 2.05) is 49.4 Å². The van der Waals surface area contributed by atoms with E-state index in [2.05, 4.69) is 0 Å². The van der Waals surface area contributed by atoms with Gasteiger partial charge < -0.3 is 0 Å². The Balaban J connectivity index is 1.80. The van der Waals surface area contributed by atoms with Crippen LogP contribution in [0.3, 0.4) is 0 Å². The minimum absolute atomic E-state index is 0.0279. The summed E-state index contributed by atoms with van der Waals surface area (Å²) in [6.45, 7) is 1.89. The van der Waals surface area contributed by atoms with Crippen LogP contribution in [-0.4, -0.2) is 19.9 Å². The molecule has 5 aromatic carbocycles. The van der Waals surface area contributed by atoms with Crippen LogP contribution in [0.4, 0.5) is 13.2 Å². The predicted molar refractivity (Wildman–Crippen MR) is 188 cm³/mol. The largest absolute Gasteiger partial charge is 0.243 e. The number of nitrogens with zero attached hydrogens (tertiary/aromatic N) is 8. The van der Waals surface area contributed by atoms with Gasteiger partial charge in [-0.1, -0.05) is 23.8 Å². The number of hydrogen-bond donors (Lipinski definition) is 0. The Hall–Kier alpha value is -7.73. The van der Waals surface area contributed by atoms with E-state index >= 15 is 0 Å². The lowest BCUT2D eigenvalue weighted by Gasteiger charge is -2.15. The van der Waals surface area contributed by atoms with Crippen molar-refractivity contribution in [1.82, 2.24) is 19.9 Å². The summed E-state index contributed by atoms with van der Waals surface area (Å²) in [7, 11) is 0. The third-order valence-electron chi connectivity index (χ3n) is 8.33. The van der Waals surface area contributed by atoms with Gasteiger partial charge in [-0.15, -0.1) is 0 Å². The van der Waals surface area contributed by atoms with Gasteiger partial charge in [0.25, 0.3) is 0 Å². The van der Waals surface area contributed by atoms with Crippen LogP contribution >= 0.6 is 0 Å². The average Bonchev–Trinajstić information content (AvgIpc) is 3.16. The molecular weight excluding hydrogens is 662 g/mol. The molecular formula is C41H19F3N8. The lowest BCUT2D eigenvalue weighted by molar-refractivity contribution is 0.627. The SMILES string of the molecule is Cc1cccc(-c2nc3c(=C(C#N)C#N)c4nc(-c5ccc(F)cc5)c(-c5ccc(F)cc5)nc4c(=C(C#N)C#N)c3nc2-c2ccc(F)cc2)c1. The normalized spacial score (nSPS) is 10.6. The van der Waals surface area contributed by atoms with Crippen molar-refractivity contribution in [3.8, 4) is 69.3 Å². The summed E-state index contributed by atoms with van der Waals surface area (Å²) in [4.78, 5) is 19.8. The van der Waals surface area contributed by atoms with E-state index in [9.17, 15) is 34.2 Å². The molecule has 0 atom stereocenters. The number of fused-ring (bicyclic) bond motifs is 2. The second-order valence-corrected chi connectivity index (χ2v) is 11.6. The fourth-order valence-corrected chi connectivity index (χ4v) is 5.96. The van der Waals surface area contributed by atoms with Crippen LogP contribution in [-0.2, 0) is 0 Å². The molecule has 0 aliphatic heterocycles. The molecule has 0 radical (unpaired) electrons. The van der Waals surface area contributed by atoms with Crippen molar-refractivity contribution in [3.05, 3.63) is 131 Å². The number of halogens is 3. The molecule has 0 amide bonds. The van der Waals surface area contributed by atoms with Crippen molar-refractivity contribution in [2.45, 2.75) is 6.92 Å². The van der Waals surface area contributed by atoms with Gasteiger partial charge in [0.1, 0.15) is 74.9 Å². The Morgan fingerprint density at radius 3 is 1.04 bits per heavy atom. The van der Waals surface area contributed by atoms with E-state index < -0.39 is 28.6 Å². The van der Waals surface area contributed by atoms with E-state index in [1.54, 1.807) is 6.07 Å². The number of benzene rings is 5. The molecule has 0 N–H and O–H groups in total. The van der Waals surface area contributed by atoms with Crippen molar-refractivity contribution < 1.29 is 13.2 Å². The summed E-state index contributed by atoms with van der Waals surface area (Å²) in [5.74, 6) is -1.52. The summed E-state index contributed by atoms with van der Waals surface area (Å²) in [5, 5.41) is 41.0. The number of hydrogen-bond acceptors (Lipinski definition) is 8. The number of aromatic nitrogens is 4. The molecule has 0 saturated heterocycles. The highest BCUT2D eigenvalue weighted by atomic mass is 19.1. The lowest BCUT2D eigenvalue weighted by atomic mass is 9.99. The van der Waals surface area contributed by atoms with E-state index in [0.717, 1.165) is 5.56 Å². The quantitative estimate of drug-likeness (QED) is 0.175. The van der Waals surface area contributed by atoms with Crippen molar-refractivity contribution in [1.29, 1.82) is 21.0 Å². The monoisotopic (exact) mass is 680 g/mol. The van der Waals surface area contributed by atoms with Gasteiger partial charge >= 0.3 is 0 Å². The molecule has 8 nitrogen and oxygen atoms in total. The summed E-state index contributed by atoms with van der Waals surface area (Å²) < 4.78 is 42.3. The Kier molecular flexibility index (Phi) is 8.38. The maximum absolute atomic E-state index is 14.1. The highest BCUT2D eigenvalue weighted by molar-refractivity contribution is 6.03. The fourth-order valence-electron chi connectivity index (χ4n) is 5.96. The van der Waals surface area contributed by atoms with Gasteiger partial charge in [-0.25, -0.2) is 33.1 Å². The van der Waals surface area contributed by atoms with Crippen LogP contribution in [0.15, 0.2) is 97.1 Å². The Bertz CT molecular complexity index is 2880. The molecule has 2 heterocycles. The third-order valence-corrected chi connectivity index (χ3v) is 8.33. The van der Waals surface area contributed by atoms with Gasteiger partial charge in [0.15, 0.2) is 0 Å². The third kappa shape index (κ3) is 5.71. The lowest BCUT2D eigenvalue weighted by Crippen LogP contribution is -2.24. The van der Waals surface area contributed by atoms with E-state index in [4.69, 9.17) is 19.9 Å². The second kappa shape index (κ2) is 13.3. The van der Waals surface area contributed by atoms with Gasteiger partial charge in [0.2, 0.25) is 0 Å². The maximum Gasteiger partial charge on any atom is 0.141 e. The zero-order valence-electron chi connectivity index (χ0n) is 26.9. The predicted octanol–water partition coefficient (Wildman–Crippen LogP) is 7.36. The Labute approximate surface area is 293 Å². The van der Waals surface area contributed by atoms with Crippen molar-refractivity contribution in [2.75, 3.05) is 0 Å². The molecule has 244 valence electrons. The highest BCUT2D eigenvalue weighted by Gasteiger charge is 2.24. The highest BCUT2D eigenvalue weighted by Crippen LogP contribution is 2.33. The molecule has 7 rings (SSSR count). The van der Waals surface area contributed by atoms with Crippen LogP contribution in [0.25, 0.3) is 78.2 Å². The van der Waals surface area contributed by atoms with Crippen molar-refractivity contribution >= 4 is 33.2 Å². The van der Waals surface area contributed by atoms with Gasteiger partial charge in [-0.3, -0.25) is 0 Å². The van der Waals surface area contributed by atoms with E-state index in [-0.39, 0.29) is 49.6 Å². The van der Waals surface area contributed by atoms with Gasteiger partial charge in [-0.2, -0.15) is 21.0 Å². The minimum Gasteiger partial charge on any atom is -0.243 e. The number of nitriles is 4. The first-order chi connectivity index (χ1) is 25.2.